The SMILES string of the molecule is CCCC1CC1NC(=O)c1cncc(NN)n1. The van der Waals surface area contributed by atoms with Gasteiger partial charge in [0.25, 0.3) is 5.91 Å². The highest BCUT2D eigenvalue weighted by Crippen LogP contribution is 2.34. The number of nitrogens with zero attached hydrogens (tertiary/aromatic N) is 2. The molecule has 0 bridgehead atoms. The normalized spacial score (nSPS) is 22.0. The first-order valence-electron chi connectivity index (χ1n) is 5.84. The highest BCUT2D eigenvalue weighted by atomic mass is 16.2. The zero-order valence-electron chi connectivity index (χ0n) is 9.81. The fourth-order valence-electron chi connectivity index (χ4n) is 1.90. The monoisotopic (exact) mass is 235 g/mol. The maximum atomic E-state index is 11.8. The van der Waals surface area contributed by atoms with Gasteiger partial charge in [0, 0.05) is 6.04 Å². The molecule has 1 aromatic heterocycles. The van der Waals surface area contributed by atoms with E-state index in [9.17, 15) is 4.79 Å². The molecule has 1 saturated carbocycles. The summed E-state index contributed by atoms with van der Waals surface area (Å²) < 4.78 is 0. The van der Waals surface area contributed by atoms with Gasteiger partial charge in [-0.05, 0) is 18.8 Å². The van der Waals surface area contributed by atoms with E-state index >= 15 is 0 Å². The van der Waals surface area contributed by atoms with Gasteiger partial charge in [-0.3, -0.25) is 9.78 Å². The first-order chi connectivity index (χ1) is 8.24. The van der Waals surface area contributed by atoms with Crippen LogP contribution in [-0.2, 0) is 0 Å². The molecule has 17 heavy (non-hydrogen) atoms. The van der Waals surface area contributed by atoms with Crippen LogP contribution in [0.4, 0.5) is 5.82 Å². The summed E-state index contributed by atoms with van der Waals surface area (Å²) in [6.07, 6.45) is 6.30. The smallest absolute Gasteiger partial charge is 0.271 e. The fourth-order valence-corrected chi connectivity index (χ4v) is 1.90. The van der Waals surface area contributed by atoms with Crippen LogP contribution in [0.1, 0.15) is 36.7 Å². The maximum absolute atomic E-state index is 11.8. The van der Waals surface area contributed by atoms with Crippen LogP contribution in [0.5, 0.6) is 0 Å². The molecule has 4 N–H and O–H groups in total. The van der Waals surface area contributed by atoms with Crippen molar-refractivity contribution in [1.82, 2.24) is 15.3 Å². The highest BCUT2D eigenvalue weighted by Gasteiger charge is 2.37. The van der Waals surface area contributed by atoms with Crippen molar-refractivity contribution in [3.8, 4) is 0 Å². The number of nitrogens with one attached hydrogen (secondary N) is 2. The molecule has 0 saturated heterocycles. The van der Waals surface area contributed by atoms with E-state index in [1.165, 1.54) is 18.8 Å². The van der Waals surface area contributed by atoms with Crippen LogP contribution in [0.25, 0.3) is 0 Å². The van der Waals surface area contributed by atoms with Crippen molar-refractivity contribution in [3.63, 3.8) is 0 Å². The number of carbonyl (C=O) groups is 1. The van der Waals surface area contributed by atoms with Crippen molar-refractivity contribution < 1.29 is 4.79 Å². The van der Waals surface area contributed by atoms with Gasteiger partial charge in [0.05, 0.1) is 12.4 Å². The fraction of sp³-hybridized carbons (Fsp3) is 0.545. The van der Waals surface area contributed by atoms with Gasteiger partial charge in [-0.25, -0.2) is 10.8 Å². The van der Waals surface area contributed by atoms with Gasteiger partial charge in [0.2, 0.25) is 0 Å². The third-order valence-electron chi connectivity index (χ3n) is 2.91. The lowest BCUT2D eigenvalue weighted by Gasteiger charge is -2.04. The molecule has 0 aliphatic heterocycles. The van der Waals surface area contributed by atoms with Crippen LogP contribution < -0.4 is 16.6 Å². The van der Waals surface area contributed by atoms with Crippen molar-refractivity contribution in [2.45, 2.75) is 32.2 Å². The molecule has 1 aliphatic carbocycles. The number of carbonyl (C=O) groups excluding carboxylic acids is 1. The number of hydrazine groups is 1. The Bertz CT molecular complexity index is 409. The summed E-state index contributed by atoms with van der Waals surface area (Å²) in [4.78, 5) is 19.8. The zero-order chi connectivity index (χ0) is 12.3. The molecule has 6 nitrogen and oxygen atoms in total. The average molecular weight is 235 g/mol. The molecule has 1 aliphatic rings. The Balaban J connectivity index is 1.91. The predicted octanol–water partition coefficient (Wildman–Crippen LogP) is 0.681. The van der Waals surface area contributed by atoms with E-state index in [1.54, 1.807) is 0 Å². The minimum Gasteiger partial charge on any atom is -0.348 e. The molecule has 0 spiro atoms. The van der Waals surface area contributed by atoms with E-state index in [2.05, 4.69) is 27.6 Å². The van der Waals surface area contributed by atoms with Crippen LogP contribution in [0.2, 0.25) is 0 Å². The van der Waals surface area contributed by atoms with Crippen LogP contribution in [-0.4, -0.2) is 21.9 Å². The summed E-state index contributed by atoms with van der Waals surface area (Å²) in [6.45, 7) is 2.15. The molecule has 1 aromatic rings. The summed E-state index contributed by atoms with van der Waals surface area (Å²) in [7, 11) is 0. The van der Waals surface area contributed by atoms with Gasteiger partial charge >= 0.3 is 0 Å². The van der Waals surface area contributed by atoms with Gasteiger partial charge in [0.1, 0.15) is 5.69 Å². The standard InChI is InChI=1S/C11H17N5O/c1-2-3-7-4-8(7)15-11(17)9-5-13-6-10(14-9)16-12/h5-8H,2-4,12H2,1H3,(H,14,16)(H,15,17). The lowest BCUT2D eigenvalue weighted by Crippen LogP contribution is -2.28. The molecule has 0 aromatic carbocycles. The second-order valence-corrected chi connectivity index (χ2v) is 4.30. The van der Waals surface area contributed by atoms with Gasteiger partial charge in [-0.15, -0.1) is 0 Å². The summed E-state index contributed by atoms with van der Waals surface area (Å²) in [5.74, 6) is 6.05. The Kier molecular flexibility index (Phi) is 3.53. The number of amides is 1. The average Bonchev–Trinajstić information content (AvgIpc) is 3.08. The summed E-state index contributed by atoms with van der Waals surface area (Å²) in [5, 5.41) is 2.95. The predicted molar refractivity (Wildman–Crippen MR) is 64.1 cm³/mol. The molecule has 92 valence electrons. The first kappa shape index (κ1) is 11.8. The molecule has 6 heteroatoms. The summed E-state index contributed by atoms with van der Waals surface area (Å²) in [6, 6.07) is 0.304. The van der Waals surface area contributed by atoms with Crippen LogP contribution >= 0.6 is 0 Å². The largest absolute Gasteiger partial charge is 0.348 e. The molecule has 0 radical (unpaired) electrons. The van der Waals surface area contributed by atoms with Gasteiger partial charge in [0.15, 0.2) is 5.82 Å². The number of rotatable bonds is 5. The molecular formula is C11H17N5O. The molecule has 2 atom stereocenters. The molecule has 1 amide bonds. The lowest BCUT2D eigenvalue weighted by molar-refractivity contribution is 0.0943. The van der Waals surface area contributed by atoms with Gasteiger partial charge in [-0.2, -0.15) is 0 Å². The maximum Gasteiger partial charge on any atom is 0.271 e. The van der Waals surface area contributed by atoms with Crippen LogP contribution in [0, 0.1) is 5.92 Å². The third kappa shape index (κ3) is 2.91. The zero-order valence-corrected chi connectivity index (χ0v) is 9.81. The Morgan fingerprint density at radius 2 is 2.41 bits per heavy atom. The van der Waals surface area contributed by atoms with Crippen molar-refractivity contribution in [3.05, 3.63) is 18.1 Å². The van der Waals surface area contributed by atoms with E-state index in [0.29, 0.717) is 23.5 Å². The molecule has 2 rings (SSSR count). The van der Waals surface area contributed by atoms with Crippen molar-refractivity contribution in [2.24, 2.45) is 11.8 Å². The Morgan fingerprint density at radius 1 is 1.59 bits per heavy atom. The topological polar surface area (TPSA) is 92.9 Å². The second kappa shape index (κ2) is 5.09. The molecule has 1 heterocycles. The number of hydrogen-bond donors (Lipinski definition) is 3. The molecular weight excluding hydrogens is 218 g/mol. The van der Waals surface area contributed by atoms with E-state index in [1.807, 2.05) is 0 Å². The van der Waals surface area contributed by atoms with E-state index < -0.39 is 0 Å². The van der Waals surface area contributed by atoms with Gasteiger partial charge in [-0.1, -0.05) is 13.3 Å². The van der Waals surface area contributed by atoms with E-state index in [0.717, 1.165) is 12.8 Å². The Hall–Kier alpha value is -1.69. The number of hydrogen-bond acceptors (Lipinski definition) is 5. The molecule has 2 unspecified atom stereocenters. The van der Waals surface area contributed by atoms with E-state index in [-0.39, 0.29) is 5.91 Å². The minimum absolute atomic E-state index is 0.182. The Labute approximate surface area is 100.0 Å². The summed E-state index contributed by atoms with van der Waals surface area (Å²) in [5.41, 5.74) is 2.66. The second-order valence-electron chi connectivity index (χ2n) is 4.30. The highest BCUT2D eigenvalue weighted by molar-refractivity contribution is 5.92. The number of nitrogens with two attached hydrogens (primary N) is 1. The van der Waals surface area contributed by atoms with Crippen molar-refractivity contribution in [2.75, 3.05) is 5.43 Å². The number of nitrogen functional groups attached to an aromatic ring is 1. The first-order valence-corrected chi connectivity index (χ1v) is 5.84. The van der Waals surface area contributed by atoms with Crippen LogP contribution in [0.3, 0.4) is 0 Å². The number of anilines is 1. The summed E-state index contributed by atoms with van der Waals surface area (Å²) >= 11 is 0. The molecule has 1 fully saturated rings. The minimum atomic E-state index is -0.182. The van der Waals surface area contributed by atoms with Crippen LogP contribution in [0.15, 0.2) is 12.4 Å². The lowest BCUT2D eigenvalue weighted by atomic mass is 10.2. The van der Waals surface area contributed by atoms with Crippen molar-refractivity contribution in [1.29, 1.82) is 0 Å². The quantitative estimate of drug-likeness (QED) is 0.515. The van der Waals surface area contributed by atoms with E-state index in [4.69, 9.17) is 5.84 Å². The number of aromatic nitrogens is 2. The van der Waals surface area contributed by atoms with Gasteiger partial charge < -0.3 is 10.7 Å². The third-order valence-corrected chi connectivity index (χ3v) is 2.91. The van der Waals surface area contributed by atoms with Crippen molar-refractivity contribution >= 4 is 11.7 Å². The Morgan fingerprint density at radius 3 is 3.12 bits per heavy atom.